The van der Waals surface area contributed by atoms with Gasteiger partial charge in [0.05, 0.1) is 40.2 Å². The number of nitrogens with one attached hydrogen (secondary N) is 1. The van der Waals surface area contributed by atoms with Gasteiger partial charge in [0.2, 0.25) is 0 Å². The molecule has 0 bridgehead atoms. The monoisotopic (exact) mass is 326 g/mol. The lowest BCUT2D eigenvalue weighted by atomic mass is 10.2. The second-order valence-electron chi connectivity index (χ2n) is 5.89. The van der Waals surface area contributed by atoms with Crippen LogP contribution in [0.15, 0.2) is 60.7 Å². The van der Waals surface area contributed by atoms with E-state index in [0.29, 0.717) is 5.82 Å². The molecule has 0 saturated heterocycles. The molecule has 5 aromatic rings. The van der Waals surface area contributed by atoms with Gasteiger partial charge in [-0.15, -0.1) is 0 Å². The topological polar surface area (TPSA) is 63.7 Å². The second kappa shape index (κ2) is 5.27. The standard InChI is InChI=1S/C20H14N4O/c1-25-13-8-6-12(7-9-13)20-23-18-10-16-17(11-19(18)24-20)22-15-5-3-2-4-14(15)21-16/h2-11,21H,1H3. The first-order chi connectivity index (χ1) is 12.3. The van der Waals surface area contributed by atoms with E-state index in [1.54, 1.807) is 7.11 Å². The fourth-order valence-electron chi connectivity index (χ4n) is 3.01. The quantitative estimate of drug-likeness (QED) is 0.490. The Kier molecular flexibility index (Phi) is 2.94. The van der Waals surface area contributed by atoms with Crippen LogP contribution in [-0.2, 0) is 0 Å². The van der Waals surface area contributed by atoms with Crippen LogP contribution in [-0.4, -0.2) is 27.0 Å². The van der Waals surface area contributed by atoms with Crippen molar-refractivity contribution in [2.45, 2.75) is 0 Å². The highest BCUT2D eigenvalue weighted by Crippen LogP contribution is 2.26. The number of aromatic nitrogens is 4. The summed E-state index contributed by atoms with van der Waals surface area (Å²) in [4.78, 5) is 17.5. The van der Waals surface area contributed by atoms with E-state index in [-0.39, 0.29) is 0 Å². The summed E-state index contributed by atoms with van der Waals surface area (Å²) in [5, 5.41) is 0. The molecule has 0 aliphatic rings. The maximum absolute atomic E-state index is 5.20. The van der Waals surface area contributed by atoms with E-state index in [4.69, 9.17) is 9.72 Å². The number of aromatic amines is 1. The van der Waals surface area contributed by atoms with Gasteiger partial charge in [-0.25, -0.2) is 15.0 Å². The first kappa shape index (κ1) is 13.9. The van der Waals surface area contributed by atoms with E-state index < -0.39 is 0 Å². The SMILES string of the molecule is COc1ccc(-c2nc3cc4nc5ccccc5[nH]c4cc3n2)cc1. The van der Waals surface area contributed by atoms with Crippen molar-refractivity contribution >= 4 is 33.1 Å². The molecule has 2 aromatic heterocycles. The Bertz CT molecular complexity index is 1150. The molecule has 0 spiro atoms. The molecular formula is C20H14N4O. The molecular weight excluding hydrogens is 312 g/mol. The van der Waals surface area contributed by atoms with Crippen LogP contribution in [0, 0.1) is 0 Å². The van der Waals surface area contributed by atoms with Crippen molar-refractivity contribution in [3.05, 3.63) is 60.7 Å². The van der Waals surface area contributed by atoms with Crippen molar-refractivity contribution in [1.29, 1.82) is 0 Å². The van der Waals surface area contributed by atoms with E-state index in [1.165, 1.54) is 0 Å². The molecule has 0 aliphatic heterocycles. The molecule has 25 heavy (non-hydrogen) atoms. The fourth-order valence-corrected chi connectivity index (χ4v) is 3.01. The Labute approximate surface area is 143 Å². The number of hydrogen-bond acceptors (Lipinski definition) is 4. The van der Waals surface area contributed by atoms with E-state index >= 15 is 0 Å². The zero-order valence-electron chi connectivity index (χ0n) is 13.5. The molecule has 5 nitrogen and oxygen atoms in total. The highest BCUT2D eigenvalue weighted by Gasteiger charge is 2.10. The maximum atomic E-state index is 5.20. The molecule has 0 aliphatic carbocycles. The molecule has 0 saturated carbocycles. The lowest BCUT2D eigenvalue weighted by Gasteiger charge is -2.01. The summed E-state index contributed by atoms with van der Waals surface area (Å²) in [5.74, 6) is 1.52. The molecule has 0 atom stereocenters. The van der Waals surface area contributed by atoms with Crippen LogP contribution in [0.25, 0.3) is 44.5 Å². The van der Waals surface area contributed by atoms with Gasteiger partial charge in [0, 0.05) is 5.56 Å². The van der Waals surface area contributed by atoms with Gasteiger partial charge >= 0.3 is 0 Å². The van der Waals surface area contributed by atoms with Crippen LogP contribution in [0.4, 0.5) is 0 Å². The third-order valence-corrected chi connectivity index (χ3v) is 4.31. The lowest BCUT2D eigenvalue weighted by Crippen LogP contribution is -1.87. The normalized spacial score (nSPS) is 11.4. The van der Waals surface area contributed by atoms with Crippen molar-refractivity contribution in [1.82, 2.24) is 19.9 Å². The van der Waals surface area contributed by atoms with Gasteiger partial charge in [-0.05, 0) is 48.5 Å². The molecule has 2 heterocycles. The molecule has 5 heteroatoms. The van der Waals surface area contributed by atoms with Gasteiger partial charge in [-0.1, -0.05) is 12.1 Å². The third-order valence-electron chi connectivity index (χ3n) is 4.31. The zero-order valence-corrected chi connectivity index (χ0v) is 13.5. The molecule has 0 unspecified atom stereocenters. The summed E-state index contributed by atoms with van der Waals surface area (Å²) in [6.07, 6.45) is 0. The van der Waals surface area contributed by atoms with Gasteiger partial charge in [-0.2, -0.15) is 0 Å². The molecule has 5 rings (SSSR count). The predicted octanol–water partition coefficient (Wildman–Crippen LogP) is 4.33. The zero-order chi connectivity index (χ0) is 16.8. The summed E-state index contributed by atoms with van der Waals surface area (Å²) < 4.78 is 5.20. The number of nitrogens with zero attached hydrogens (tertiary/aromatic N) is 3. The summed E-state index contributed by atoms with van der Waals surface area (Å²) in [7, 11) is 1.65. The van der Waals surface area contributed by atoms with E-state index in [1.807, 2.05) is 60.7 Å². The molecule has 0 radical (unpaired) electrons. The van der Waals surface area contributed by atoms with Crippen LogP contribution in [0.2, 0.25) is 0 Å². The van der Waals surface area contributed by atoms with E-state index in [9.17, 15) is 0 Å². The Hall–Kier alpha value is -3.47. The largest absolute Gasteiger partial charge is 0.497 e. The molecule has 3 aromatic carbocycles. The van der Waals surface area contributed by atoms with Gasteiger partial charge < -0.3 is 9.72 Å². The summed E-state index contributed by atoms with van der Waals surface area (Å²) >= 11 is 0. The van der Waals surface area contributed by atoms with Crippen molar-refractivity contribution in [3.63, 3.8) is 0 Å². The number of benzene rings is 3. The first-order valence-corrected chi connectivity index (χ1v) is 8.01. The summed E-state index contributed by atoms with van der Waals surface area (Å²) in [5.41, 5.74) is 6.43. The van der Waals surface area contributed by atoms with Gasteiger partial charge in [0.25, 0.3) is 0 Å². The van der Waals surface area contributed by atoms with Crippen LogP contribution >= 0.6 is 0 Å². The van der Waals surface area contributed by atoms with Crippen LogP contribution < -0.4 is 4.74 Å². The Balaban J connectivity index is 1.69. The highest BCUT2D eigenvalue weighted by atomic mass is 16.5. The first-order valence-electron chi connectivity index (χ1n) is 8.01. The minimum Gasteiger partial charge on any atom is -0.497 e. The number of rotatable bonds is 2. The summed E-state index contributed by atoms with van der Waals surface area (Å²) in [6, 6.07) is 19.7. The van der Waals surface area contributed by atoms with Gasteiger partial charge in [0.15, 0.2) is 5.82 Å². The third kappa shape index (κ3) is 2.29. The van der Waals surface area contributed by atoms with E-state index in [2.05, 4.69) is 15.0 Å². The van der Waals surface area contributed by atoms with Crippen molar-refractivity contribution in [3.8, 4) is 17.1 Å². The Morgan fingerprint density at radius 1 is 0.720 bits per heavy atom. The molecule has 0 fully saturated rings. The average Bonchev–Trinajstić information content (AvgIpc) is 3.07. The summed E-state index contributed by atoms with van der Waals surface area (Å²) in [6.45, 7) is 0. The number of H-pyrrole nitrogens is 1. The van der Waals surface area contributed by atoms with Crippen molar-refractivity contribution in [2.75, 3.05) is 7.11 Å². The number of hydrogen-bond donors (Lipinski definition) is 1. The van der Waals surface area contributed by atoms with Gasteiger partial charge in [0.1, 0.15) is 5.75 Å². The average molecular weight is 326 g/mol. The number of para-hydroxylation sites is 2. The van der Waals surface area contributed by atoms with Crippen LogP contribution in [0.5, 0.6) is 5.75 Å². The van der Waals surface area contributed by atoms with E-state index in [0.717, 1.165) is 44.4 Å². The van der Waals surface area contributed by atoms with Crippen LogP contribution in [0.3, 0.4) is 0 Å². The minimum absolute atomic E-state index is 0.706. The number of ether oxygens (including phenoxy) is 1. The predicted molar refractivity (Wildman–Crippen MR) is 98.7 cm³/mol. The second-order valence-corrected chi connectivity index (χ2v) is 5.89. The Morgan fingerprint density at radius 2 is 1.48 bits per heavy atom. The maximum Gasteiger partial charge on any atom is 0.160 e. The smallest absolute Gasteiger partial charge is 0.160 e. The molecule has 120 valence electrons. The number of methoxy groups -OCH3 is 1. The van der Waals surface area contributed by atoms with Crippen molar-refractivity contribution in [2.24, 2.45) is 0 Å². The lowest BCUT2D eigenvalue weighted by molar-refractivity contribution is 0.415. The van der Waals surface area contributed by atoms with Crippen molar-refractivity contribution < 1.29 is 4.74 Å². The minimum atomic E-state index is 0.706. The highest BCUT2D eigenvalue weighted by molar-refractivity contribution is 5.95. The fraction of sp³-hybridized carbons (Fsp3) is 0.0500. The molecule has 1 N–H and O–H groups in total. The number of imidazole rings is 1. The number of fused-ring (bicyclic) bond motifs is 3. The Morgan fingerprint density at radius 3 is 2.28 bits per heavy atom. The van der Waals surface area contributed by atoms with Gasteiger partial charge in [-0.3, -0.25) is 0 Å². The molecule has 0 amide bonds. The van der Waals surface area contributed by atoms with Crippen LogP contribution in [0.1, 0.15) is 0 Å².